The van der Waals surface area contributed by atoms with E-state index in [0.29, 0.717) is 17.0 Å². The van der Waals surface area contributed by atoms with E-state index in [1.807, 2.05) is 6.07 Å². The van der Waals surface area contributed by atoms with Gasteiger partial charge in [0.15, 0.2) is 0 Å². The first-order valence-corrected chi connectivity index (χ1v) is 4.14. The van der Waals surface area contributed by atoms with E-state index in [1.54, 1.807) is 12.1 Å². The average Bonchev–Trinajstić information content (AvgIpc) is 2.28. The van der Waals surface area contributed by atoms with Gasteiger partial charge in [0.1, 0.15) is 5.75 Å². The van der Waals surface area contributed by atoms with Crippen molar-refractivity contribution in [1.82, 2.24) is 0 Å². The maximum Gasteiger partial charge on any atom is 0.411 e. The lowest BCUT2D eigenvalue weighted by atomic mass is 10.2. The van der Waals surface area contributed by atoms with Crippen molar-refractivity contribution >= 4 is 11.8 Å². The molecule has 0 aliphatic rings. The number of ether oxygens (including phenoxy) is 2. The molecule has 1 amide bonds. The highest BCUT2D eigenvalue weighted by molar-refractivity contribution is 5.87. The van der Waals surface area contributed by atoms with Crippen LogP contribution in [-0.2, 0) is 4.74 Å². The van der Waals surface area contributed by atoms with Crippen LogP contribution in [0.5, 0.6) is 5.75 Å². The van der Waals surface area contributed by atoms with Gasteiger partial charge in [0, 0.05) is 0 Å². The highest BCUT2D eigenvalue weighted by Gasteiger charge is 2.07. The monoisotopic (exact) mass is 206 g/mol. The normalized spacial score (nSPS) is 8.87. The highest BCUT2D eigenvalue weighted by atomic mass is 16.5. The molecule has 0 atom stereocenters. The van der Waals surface area contributed by atoms with E-state index in [4.69, 9.17) is 10.00 Å². The summed E-state index contributed by atoms with van der Waals surface area (Å²) >= 11 is 0. The van der Waals surface area contributed by atoms with Crippen molar-refractivity contribution in [2.24, 2.45) is 0 Å². The summed E-state index contributed by atoms with van der Waals surface area (Å²) in [5.74, 6) is 0.472. The zero-order valence-electron chi connectivity index (χ0n) is 8.40. The van der Waals surface area contributed by atoms with Crippen molar-refractivity contribution in [3.05, 3.63) is 23.8 Å². The zero-order chi connectivity index (χ0) is 11.3. The summed E-state index contributed by atoms with van der Waals surface area (Å²) < 4.78 is 9.45. The van der Waals surface area contributed by atoms with Crippen molar-refractivity contribution in [3.63, 3.8) is 0 Å². The molecule has 0 aliphatic heterocycles. The van der Waals surface area contributed by atoms with Gasteiger partial charge >= 0.3 is 6.09 Å². The summed E-state index contributed by atoms with van der Waals surface area (Å²) in [6, 6.07) is 6.67. The number of benzene rings is 1. The molecule has 0 fully saturated rings. The Bertz CT molecular complexity index is 410. The van der Waals surface area contributed by atoms with Crippen LogP contribution in [-0.4, -0.2) is 20.3 Å². The molecule has 0 saturated heterocycles. The third kappa shape index (κ3) is 2.61. The molecule has 0 saturated carbocycles. The van der Waals surface area contributed by atoms with Gasteiger partial charge in [0.25, 0.3) is 0 Å². The molecule has 5 nitrogen and oxygen atoms in total. The number of nitrogens with one attached hydrogen (secondary N) is 1. The molecule has 1 rings (SSSR count). The molecular formula is C10H10N2O3. The minimum atomic E-state index is -0.608. The first kappa shape index (κ1) is 10.9. The number of methoxy groups -OCH3 is 2. The predicted octanol–water partition coefficient (Wildman–Crippen LogP) is 1.75. The molecule has 1 aromatic carbocycles. The van der Waals surface area contributed by atoms with Gasteiger partial charge in [-0.3, -0.25) is 5.32 Å². The van der Waals surface area contributed by atoms with E-state index >= 15 is 0 Å². The number of carbonyl (C=O) groups excluding carboxylic acids is 1. The highest BCUT2D eigenvalue weighted by Crippen LogP contribution is 2.25. The molecule has 15 heavy (non-hydrogen) atoms. The third-order valence-electron chi connectivity index (χ3n) is 1.75. The van der Waals surface area contributed by atoms with E-state index in [0.717, 1.165) is 0 Å². The smallest absolute Gasteiger partial charge is 0.411 e. The number of carbonyl (C=O) groups is 1. The Morgan fingerprint density at radius 3 is 2.73 bits per heavy atom. The van der Waals surface area contributed by atoms with E-state index in [9.17, 15) is 4.79 Å². The van der Waals surface area contributed by atoms with Crippen LogP contribution in [0.2, 0.25) is 0 Å². The Kier molecular flexibility index (Phi) is 3.52. The quantitative estimate of drug-likeness (QED) is 0.800. The van der Waals surface area contributed by atoms with Gasteiger partial charge in [-0.05, 0) is 18.2 Å². The second-order valence-corrected chi connectivity index (χ2v) is 2.64. The molecule has 0 unspecified atom stereocenters. The van der Waals surface area contributed by atoms with E-state index in [-0.39, 0.29) is 0 Å². The van der Waals surface area contributed by atoms with Crippen LogP contribution in [0, 0.1) is 11.3 Å². The van der Waals surface area contributed by atoms with Crippen LogP contribution < -0.4 is 10.1 Å². The lowest BCUT2D eigenvalue weighted by molar-refractivity contribution is 0.187. The lowest BCUT2D eigenvalue weighted by Crippen LogP contribution is -2.11. The summed E-state index contributed by atoms with van der Waals surface area (Å²) in [5, 5.41) is 11.1. The molecule has 78 valence electrons. The summed E-state index contributed by atoms with van der Waals surface area (Å²) in [7, 11) is 2.74. The van der Waals surface area contributed by atoms with Gasteiger partial charge in [0.05, 0.1) is 31.5 Å². The maximum absolute atomic E-state index is 11.0. The van der Waals surface area contributed by atoms with Gasteiger partial charge in [-0.1, -0.05) is 0 Å². The number of rotatable bonds is 2. The van der Waals surface area contributed by atoms with E-state index in [2.05, 4.69) is 10.1 Å². The first-order valence-electron chi connectivity index (χ1n) is 4.14. The molecule has 1 aromatic rings. The maximum atomic E-state index is 11.0. The molecule has 5 heteroatoms. The first-order chi connectivity index (χ1) is 7.21. The molecule has 0 radical (unpaired) electrons. The summed E-state index contributed by atoms with van der Waals surface area (Å²) in [6.07, 6.45) is -0.608. The van der Waals surface area contributed by atoms with Crippen LogP contribution in [0.25, 0.3) is 0 Å². The fraction of sp³-hybridized carbons (Fsp3) is 0.200. The Morgan fingerprint density at radius 2 is 2.20 bits per heavy atom. The van der Waals surface area contributed by atoms with Gasteiger partial charge in [0.2, 0.25) is 0 Å². The second-order valence-electron chi connectivity index (χ2n) is 2.64. The van der Waals surface area contributed by atoms with Crippen LogP contribution in [0.4, 0.5) is 10.5 Å². The SMILES string of the molecule is COC(=O)Nc1cc(C#N)ccc1OC. The minimum Gasteiger partial charge on any atom is -0.495 e. The van der Waals surface area contributed by atoms with Crippen LogP contribution in [0.3, 0.4) is 0 Å². The fourth-order valence-corrected chi connectivity index (χ4v) is 1.04. The largest absolute Gasteiger partial charge is 0.495 e. The van der Waals surface area contributed by atoms with Crippen molar-refractivity contribution in [1.29, 1.82) is 5.26 Å². The molecule has 1 N–H and O–H groups in total. The second kappa shape index (κ2) is 4.86. The predicted molar refractivity (Wildman–Crippen MR) is 53.7 cm³/mol. The van der Waals surface area contributed by atoms with Crippen molar-refractivity contribution < 1.29 is 14.3 Å². The fourth-order valence-electron chi connectivity index (χ4n) is 1.04. The van der Waals surface area contributed by atoms with Gasteiger partial charge in [-0.15, -0.1) is 0 Å². The Labute approximate surface area is 87.2 Å². The summed E-state index contributed by atoms with van der Waals surface area (Å²) in [5.41, 5.74) is 0.839. The Hall–Kier alpha value is -2.22. The van der Waals surface area contributed by atoms with Crippen LogP contribution in [0.15, 0.2) is 18.2 Å². The summed E-state index contributed by atoms with van der Waals surface area (Å²) in [4.78, 5) is 11.0. The Balaban J connectivity index is 3.02. The number of nitriles is 1. The number of amides is 1. The Morgan fingerprint density at radius 1 is 1.47 bits per heavy atom. The third-order valence-corrected chi connectivity index (χ3v) is 1.75. The molecule has 0 heterocycles. The van der Waals surface area contributed by atoms with Crippen molar-refractivity contribution in [3.8, 4) is 11.8 Å². The molecule has 0 spiro atoms. The molecule has 0 bridgehead atoms. The average molecular weight is 206 g/mol. The van der Waals surface area contributed by atoms with Crippen LogP contribution in [0.1, 0.15) is 5.56 Å². The van der Waals surface area contributed by atoms with Gasteiger partial charge in [-0.2, -0.15) is 5.26 Å². The molecule has 0 aliphatic carbocycles. The molecular weight excluding hydrogens is 196 g/mol. The molecule has 0 aromatic heterocycles. The van der Waals surface area contributed by atoms with E-state index in [1.165, 1.54) is 20.3 Å². The number of hydrogen-bond donors (Lipinski definition) is 1. The lowest BCUT2D eigenvalue weighted by Gasteiger charge is -2.08. The topological polar surface area (TPSA) is 71.3 Å². The van der Waals surface area contributed by atoms with E-state index < -0.39 is 6.09 Å². The van der Waals surface area contributed by atoms with Gasteiger partial charge < -0.3 is 9.47 Å². The number of nitrogens with zero attached hydrogens (tertiary/aromatic N) is 1. The van der Waals surface area contributed by atoms with Gasteiger partial charge in [-0.25, -0.2) is 4.79 Å². The summed E-state index contributed by atoms with van der Waals surface area (Å²) in [6.45, 7) is 0. The minimum absolute atomic E-state index is 0.406. The van der Waals surface area contributed by atoms with Crippen LogP contribution >= 0.6 is 0 Å². The zero-order valence-corrected chi connectivity index (χ0v) is 8.40. The standard InChI is InChI=1S/C10H10N2O3/c1-14-9-4-3-7(6-11)5-8(9)12-10(13)15-2/h3-5H,1-2H3,(H,12,13). The number of hydrogen-bond acceptors (Lipinski definition) is 4. The van der Waals surface area contributed by atoms with Crippen molar-refractivity contribution in [2.45, 2.75) is 0 Å². The van der Waals surface area contributed by atoms with Crippen molar-refractivity contribution in [2.75, 3.05) is 19.5 Å². The number of anilines is 1.